The minimum Gasteiger partial charge on any atom is -0.495 e. The van der Waals surface area contributed by atoms with Gasteiger partial charge in [0.15, 0.2) is 16.1 Å². The molecule has 8 nitrogen and oxygen atoms in total. The van der Waals surface area contributed by atoms with Crippen molar-refractivity contribution in [2.24, 2.45) is 0 Å². The van der Waals surface area contributed by atoms with Crippen molar-refractivity contribution in [3.8, 4) is 5.75 Å². The Kier molecular flexibility index (Phi) is 7.33. The Morgan fingerprint density at radius 1 is 1.30 bits per heavy atom. The zero-order chi connectivity index (χ0) is 21.7. The second-order valence-electron chi connectivity index (χ2n) is 6.65. The maximum Gasteiger partial charge on any atom is 0.236 e. The van der Waals surface area contributed by atoms with E-state index >= 15 is 0 Å². The molecular formula is C20H26N6O2S2. The molecule has 3 rings (SSSR count). The second-order valence-corrected chi connectivity index (χ2v) is 8.79. The molecule has 0 unspecified atom stereocenters. The van der Waals surface area contributed by atoms with Crippen LogP contribution in [0.25, 0.3) is 0 Å². The Balaban J connectivity index is 1.65. The van der Waals surface area contributed by atoms with Crippen LogP contribution in [0, 0.1) is 13.8 Å². The predicted molar refractivity (Wildman–Crippen MR) is 122 cm³/mol. The molecule has 2 N–H and O–H groups in total. The fraction of sp³-hybridized carbons (Fsp3) is 0.400. The lowest BCUT2D eigenvalue weighted by molar-refractivity contribution is -0.113. The molecule has 3 aromatic rings. The van der Waals surface area contributed by atoms with Gasteiger partial charge in [0.25, 0.3) is 0 Å². The number of carbonyl (C=O) groups excluding carboxylic acids is 1. The van der Waals surface area contributed by atoms with E-state index in [1.807, 2.05) is 56.5 Å². The molecule has 2 heterocycles. The molecule has 0 bridgehead atoms. The van der Waals surface area contributed by atoms with E-state index in [0.717, 1.165) is 27.8 Å². The van der Waals surface area contributed by atoms with Gasteiger partial charge in [-0.05, 0) is 39.8 Å². The largest absolute Gasteiger partial charge is 0.495 e. The quantitative estimate of drug-likeness (QED) is 0.474. The smallest absolute Gasteiger partial charge is 0.236 e. The van der Waals surface area contributed by atoms with Gasteiger partial charge in [0.05, 0.1) is 30.3 Å². The van der Waals surface area contributed by atoms with E-state index in [-0.39, 0.29) is 17.7 Å². The molecule has 0 aliphatic heterocycles. The van der Waals surface area contributed by atoms with Gasteiger partial charge in [-0.15, -0.1) is 21.5 Å². The number of ether oxygens (including phenoxy) is 1. The summed E-state index contributed by atoms with van der Waals surface area (Å²) in [6.45, 7) is 8.69. The number of para-hydroxylation sites is 2. The van der Waals surface area contributed by atoms with Crippen LogP contribution in [0.15, 0.2) is 29.4 Å². The van der Waals surface area contributed by atoms with E-state index in [1.54, 1.807) is 7.11 Å². The molecule has 0 aliphatic carbocycles. The highest BCUT2D eigenvalue weighted by atomic mass is 32.2. The number of thioether (sulfide) groups is 1. The minimum absolute atomic E-state index is 0.0850. The van der Waals surface area contributed by atoms with Crippen molar-refractivity contribution in [2.75, 3.05) is 23.5 Å². The van der Waals surface area contributed by atoms with Gasteiger partial charge in [-0.25, -0.2) is 4.98 Å². The molecule has 1 aromatic carbocycles. The van der Waals surface area contributed by atoms with Gasteiger partial charge in [0.1, 0.15) is 5.75 Å². The maximum atomic E-state index is 12.3. The number of aryl methyl sites for hydroxylation is 2. The van der Waals surface area contributed by atoms with Crippen LogP contribution in [0.5, 0.6) is 5.75 Å². The summed E-state index contributed by atoms with van der Waals surface area (Å²) in [5.74, 6) is 1.70. The lowest BCUT2D eigenvalue weighted by atomic mass is 10.2. The van der Waals surface area contributed by atoms with Crippen LogP contribution in [0.1, 0.15) is 36.3 Å². The fourth-order valence-electron chi connectivity index (χ4n) is 2.90. The minimum atomic E-state index is -0.110. The Morgan fingerprint density at radius 2 is 2.07 bits per heavy atom. The van der Waals surface area contributed by atoms with Gasteiger partial charge < -0.3 is 19.9 Å². The lowest BCUT2D eigenvalue weighted by Gasteiger charge is -2.18. The number of rotatable bonds is 9. The summed E-state index contributed by atoms with van der Waals surface area (Å²) in [5, 5.41) is 16.3. The molecule has 30 heavy (non-hydrogen) atoms. The van der Waals surface area contributed by atoms with Gasteiger partial charge in [-0.1, -0.05) is 23.9 Å². The first-order chi connectivity index (χ1) is 14.4. The van der Waals surface area contributed by atoms with Gasteiger partial charge in [-0.3, -0.25) is 4.79 Å². The molecule has 2 aromatic heterocycles. The number of hydrogen-bond donors (Lipinski definition) is 2. The number of nitrogens with one attached hydrogen (secondary N) is 2. The van der Waals surface area contributed by atoms with Crippen molar-refractivity contribution < 1.29 is 9.53 Å². The van der Waals surface area contributed by atoms with Crippen LogP contribution in [-0.2, 0) is 11.3 Å². The number of nitrogens with zero attached hydrogens (tertiary/aromatic N) is 4. The third-order valence-electron chi connectivity index (χ3n) is 4.54. The van der Waals surface area contributed by atoms with E-state index in [1.165, 1.54) is 23.1 Å². The summed E-state index contributed by atoms with van der Waals surface area (Å²) in [6.07, 6.45) is 0. The average Bonchev–Trinajstić information content (AvgIpc) is 3.28. The first-order valence-electron chi connectivity index (χ1n) is 9.62. The van der Waals surface area contributed by atoms with E-state index < -0.39 is 0 Å². The number of hydrogen-bond acceptors (Lipinski definition) is 8. The Labute approximate surface area is 184 Å². The van der Waals surface area contributed by atoms with Crippen LogP contribution in [0.3, 0.4) is 0 Å². The van der Waals surface area contributed by atoms with Crippen molar-refractivity contribution in [3.05, 3.63) is 40.7 Å². The molecule has 0 fully saturated rings. The van der Waals surface area contributed by atoms with Gasteiger partial charge in [-0.2, -0.15) is 0 Å². The highest BCUT2D eigenvalue weighted by Crippen LogP contribution is 2.29. The molecular weight excluding hydrogens is 420 g/mol. The molecule has 160 valence electrons. The first kappa shape index (κ1) is 22.1. The molecule has 1 amide bonds. The Morgan fingerprint density at radius 3 is 2.73 bits per heavy atom. The van der Waals surface area contributed by atoms with Crippen molar-refractivity contribution in [3.63, 3.8) is 0 Å². The standard InChI is InChI=1S/C20H26N6O2S2/c1-6-26-18(13(3)21-15-9-7-8-10-16(15)28-5)24-25-20(26)29-11-17(27)23-19-22-12(2)14(4)30-19/h7-10,13,21H,6,11H2,1-5H3,(H,22,23,27)/t13-/m0/s1. The highest BCUT2D eigenvalue weighted by Gasteiger charge is 2.19. The van der Waals surface area contributed by atoms with Gasteiger partial charge >= 0.3 is 0 Å². The topological polar surface area (TPSA) is 94.0 Å². The second kappa shape index (κ2) is 9.94. The summed E-state index contributed by atoms with van der Waals surface area (Å²) >= 11 is 2.84. The molecule has 0 spiro atoms. The van der Waals surface area contributed by atoms with Crippen molar-refractivity contribution in [1.29, 1.82) is 0 Å². The predicted octanol–water partition coefficient (Wildman–Crippen LogP) is 4.28. The summed E-state index contributed by atoms with van der Waals surface area (Å²) in [4.78, 5) is 17.8. The van der Waals surface area contributed by atoms with E-state index in [9.17, 15) is 4.79 Å². The fourth-order valence-corrected chi connectivity index (χ4v) is 4.54. The number of aromatic nitrogens is 4. The van der Waals surface area contributed by atoms with Gasteiger partial charge in [0, 0.05) is 11.4 Å². The zero-order valence-electron chi connectivity index (χ0n) is 17.7. The molecule has 0 saturated heterocycles. The van der Waals surface area contributed by atoms with Crippen LogP contribution in [-0.4, -0.2) is 38.5 Å². The number of methoxy groups -OCH3 is 1. The summed E-state index contributed by atoms with van der Waals surface area (Å²) < 4.78 is 7.42. The normalized spacial score (nSPS) is 11.9. The number of amides is 1. The average molecular weight is 447 g/mol. The van der Waals surface area contributed by atoms with E-state index in [4.69, 9.17) is 4.74 Å². The third kappa shape index (κ3) is 5.11. The molecule has 0 saturated carbocycles. The summed E-state index contributed by atoms with van der Waals surface area (Å²) in [5.41, 5.74) is 1.83. The van der Waals surface area contributed by atoms with Crippen molar-refractivity contribution >= 4 is 39.8 Å². The molecule has 0 aliphatic rings. The van der Waals surface area contributed by atoms with E-state index in [0.29, 0.717) is 16.8 Å². The number of benzene rings is 1. The van der Waals surface area contributed by atoms with E-state index in [2.05, 4.69) is 25.8 Å². The Hall–Kier alpha value is -2.59. The van der Waals surface area contributed by atoms with Crippen LogP contribution >= 0.6 is 23.1 Å². The number of carbonyl (C=O) groups is 1. The SMILES string of the molecule is CCn1c(SCC(=O)Nc2nc(C)c(C)s2)nnc1[C@H](C)Nc1ccccc1OC. The van der Waals surface area contributed by atoms with Crippen molar-refractivity contribution in [1.82, 2.24) is 19.7 Å². The monoisotopic (exact) mass is 446 g/mol. The highest BCUT2D eigenvalue weighted by molar-refractivity contribution is 7.99. The number of anilines is 2. The first-order valence-corrected chi connectivity index (χ1v) is 11.4. The third-order valence-corrected chi connectivity index (χ3v) is 6.49. The summed E-state index contributed by atoms with van der Waals surface area (Å²) in [7, 11) is 1.65. The molecule has 0 radical (unpaired) electrons. The maximum absolute atomic E-state index is 12.3. The van der Waals surface area contributed by atoms with Crippen LogP contribution in [0.4, 0.5) is 10.8 Å². The van der Waals surface area contributed by atoms with Crippen LogP contribution < -0.4 is 15.4 Å². The molecule has 1 atom stereocenters. The number of thiazole rings is 1. The van der Waals surface area contributed by atoms with Gasteiger partial charge in [0.2, 0.25) is 5.91 Å². The van der Waals surface area contributed by atoms with Crippen LogP contribution in [0.2, 0.25) is 0 Å². The van der Waals surface area contributed by atoms with Crippen molar-refractivity contribution in [2.45, 2.75) is 45.4 Å². The lowest BCUT2D eigenvalue weighted by Crippen LogP contribution is -2.16. The Bertz CT molecular complexity index is 997. The summed E-state index contributed by atoms with van der Waals surface area (Å²) in [6, 6.07) is 7.66. The molecule has 10 heteroatoms. The zero-order valence-corrected chi connectivity index (χ0v) is 19.4.